The van der Waals surface area contributed by atoms with E-state index in [0.29, 0.717) is 5.56 Å². The van der Waals surface area contributed by atoms with Crippen LogP contribution in [0.25, 0.3) is 0 Å². The summed E-state index contributed by atoms with van der Waals surface area (Å²) in [6.45, 7) is 5.31. The van der Waals surface area contributed by atoms with E-state index in [9.17, 15) is 18.4 Å². The monoisotopic (exact) mass is 363 g/mol. The molecule has 5 nitrogen and oxygen atoms in total. The fraction of sp³-hybridized carbons (Fsp3) is 0.500. The Bertz CT molecular complexity index is 570. The molecule has 0 aliphatic carbocycles. The molecule has 2 atom stereocenters. The fourth-order valence-corrected chi connectivity index (χ4v) is 1.93. The third kappa shape index (κ3) is 6.80. The molecule has 0 spiro atoms. The van der Waals surface area contributed by atoms with Gasteiger partial charge in [-0.1, -0.05) is 26.8 Å². The Labute approximate surface area is 146 Å². The summed E-state index contributed by atoms with van der Waals surface area (Å²) in [5.74, 6) is -2.45. The minimum atomic E-state index is -0.671. The molecule has 24 heavy (non-hydrogen) atoms. The van der Waals surface area contributed by atoms with E-state index < -0.39 is 29.5 Å². The largest absolute Gasteiger partial charge is 0.354 e. The van der Waals surface area contributed by atoms with Crippen molar-refractivity contribution in [3.05, 3.63) is 35.4 Å². The van der Waals surface area contributed by atoms with Gasteiger partial charge < -0.3 is 16.4 Å². The Hall–Kier alpha value is -1.73. The Balaban J connectivity index is 0.00000529. The summed E-state index contributed by atoms with van der Waals surface area (Å²) >= 11 is 0. The third-order valence-corrected chi connectivity index (χ3v) is 3.54. The average molecular weight is 364 g/mol. The molecule has 8 heteroatoms. The van der Waals surface area contributed by atoms with Crippen molar-refractivity contribution < 1.29 is 18.4 Å². The number of benzene rings is 1. The summed E-state index contributed by atoms with van der Waals surface area (Å²) in [5.41, 5.74) is 5.97. The minimum absolute atomic E-state index is 0. The zero-order valence-electron chi connectivity index (χ0n) is 13.9. The number of amides is 2. The zero-order chi connectivity index (χ0) is 17.6. The molecule has 0 heterocycles. The Morgan fingerprint density at radius 2 is 1.79 bits per heavy atom. The van der Waals surface area contributed by atoms with E-state index in [1.54, 1.807) is 6.92 Å². The van der Waals surface area contributed by atoms with Gasteiger partial charge in [-0.3, -0.25) is 9.59 Å². The van der Waals surface area contributed by atoms with Crippen LogP contribution in [0.3, 0.4) is 0 Å². The highest BCUT2D eigenvalue weighted by molar-refractivity contribution is 5.87. The predicted octanol–water partition coefficient (Wildman–Crippen LogP) is 1.71. The molecule has 1 rings (SSSR count). The maximum Gasteiger partial charge on any atom is 0.239 e. The summed E-state index contributed by atoms with van der Waals surface area (Å²) in [4.78, 5) is 23.3. The van der Waals surface area contributed by atoms with Crippen molar-refractivity contribution in [2.24, 2.45) is 11.7 Å². The first-order valence-electron chi connectivity index (χ1n) is 7.47. The molecule has 0 aliphatic rings. The molecule has 0 radical (unpaired) electrons. The van der Waals surface area contributed by atoms with Crippen LogP contribution in [0.5, 0.6) is 0 Å². The molecule has 0 saturated heterocycles. The van der Waals surface area contributed by atoms with Gasteiger partial charge in [-0.2, -0.15) is 0 Å². The Kier molecular flexibility index (Phi) is 9.47. The zero-order valence-corrected chi connectivity index (χ0v) is 14.8. The van der Waals surface area contributed by atoms with E-state index in [1.165, 1.54) is 12.1 Å². The molecular weight excluding hydrogens is 340 g/mol. The molecular formula is C16H24ClF2N3O2. The molecule has 2 amide bonds. The van der Waals surface area contributed by atoms with Crippen LogP contribution in [0.1, 0.15) is 32.3 Å². The van der Waals surface area contributed by atoms with Gasteiger partial charge in [0, 0.05) is 18.5 Å². The van der Waals surface area contributed by atoms with Crippen LogP contribution in [-0.4, -0.2) is 30.9 Å². The summed E-state index contributed by atoms with van der Waals surface area (Å²) in [7, 11) is 0. The molecule has 0 aliphatic heterocycles. The van der Waals surface area contributed by atoms with Crippen LogP contribution in [0, 0.1) is 17.6 Å². The lowest BCUT2D eigenvalue weighted by Gasteiger charge is -2.16. The third-order valence-electron chi connectivity index (χ3n) is 3.54. The van der Waals surface area contributed by atoms with Gasteiger partial charge in [0.05, 0.1) is 12.6 Å². The van der Waals surface area contributed by atoms with Crippen LogP contribution >= 0.6 is 12.4 Å². The first-order valence-corrected chi connectivity index (χ1v) is 7.47. The molecule has 0 bridgehead atoms. The van der Waals surface area contributed by atoms with Crippen LogP contribution in [0.2, 0.25) is 0 Å². The summed E-state index contributed by atoms with van der Waals surface area (Å²) in [6.07, 6.45) is 0. The molecule has 1 aromatic rings. The second kappa shape index (κ2) is 10.2. The highest BCUT2D eigenvalue weighted by Gasteiger charge is 2.18. The molecule has 1 aromatic carbocycles. The number of hydrogen-bond donors (Lipinski definition) is 3. The number of halogens is 3. The molecule has 1 unspecified atom stereocenters. The lowest BCUT2D eigenvalue weighted by molar-refractivity contribution is -0.127. The molecule has 0 aromatic heterocycles. The van der Waals surface area contributed by atoms with Crippen LogP contribution < -0.4 is 16.4 Å². The van der Waals surface area contributed by atoms with Gasteiger partial charge in [0.2, 0.25) is 11.8 Å². The lowest BCUT2D eigenvalue weighted by atomic mass is 10.0. The number of hydrogen-bond acceptors (Lipinski definition) is 3. The molecule has 136 valence electrons. The number of carbonyl (C=O) groups is 2. The van der Waals surface area contributed by atoms with Crippen molar-refractivity contribution in [1.82, 2.24) is 10.6 Å². The van der Waals surface area contributed by atoms with E-state index in [2.05, 4.69) is 10.6 Å². The van der Waals surface area contributed by atoms with Crippen molar-refractivity contribution in [2.45, 2.75) is 32.7 Å². The number of rotatable bonds is 7. The fourth-order valence-electron chi connectivity index (χ4n) is 1.93. The average Bonchev–Trinajstić information content (AvgIpc) is 2.49. The second-order valence-corrected chi connectivity index (χ2v) is 5.86. The normalized spacial score (nSPS) is 13.0. The van der Waals surface area contributed by atoms with E-state index in [1.807, 2.05) is 13.8 Å². The Morgan fingerprint density at radius 1 is 1.17 bits per heavy atom. The van der Waals surface area contributed by atoms with Gasteiger partial charge in [-0.15, -0.1) is 12.4 Å². The highest BCUT2D eigenvalue weighted by atomic mass is 35.5. The standard InChI is InChI=1S/C16H23F2N3O2.ClH/c1-9(2)15(19)16(23)21-8-14(22)20-7-10(3)12-5-4-11(17)6-13(12)18;/h4-6,9-10,15H,7-8,19H2,1-3H3,(H,20,22)(H,21,23);1H/t10?,15-;/m0./s1. The topological polar surface area (TPSA) is 84.2 Å². The number of nitrogens with one attached hydrogen (secondary N) is 2. The quantitative estimate of drug-likeness (QED) is 0.689. The van der Waals surface area contributed by atoms with Crippen molar-refractivity contribution in [2.75, 3.05) is 13.1 Å². The number of carbonyl (C=O) groups excluding carboxylic acids is 2. The van der Waals surface area contributed by atoms with E-state index in [4.69, 9.17) is 5.73 Å². The van der Waals surface area contributed by atoms with Gasteiger partial charge in [-0.25, -0.2) is 8.78 Å². The first-order chi connectivity index (χ1) is 10.7. The van der Waals surface area contributed by atoms with Gasteiger partial charge in [0.15, 0.2) is 0 Å². The first kappa shape index (κ1) is 22.3. The van der Waals surface area contributed by atoms with Gasteiger partial charge in [0.1, 0.15) is 11.6 Å². The minimum Gasteiger partial charge on any atom is -0.354 e. The summed E-state index contributed by atoms with van der Waals surface area (Å²) in [5, 5.41) is 5.04. The van der Waals surface area contributed by atoms with E-state index in [-0.39, 0.29) is 37.3 Å². The maximum absolute atomic E-state index is 13.6. The molecule has 4 N–H and O–H groups in total. The predicted molar refractivity (Wildman–Crippen MR) is 90.9 cm³/mol. The van der Waals surface area contributed by atoms with Crippen molar-refractivity contribution >= 4 is 24.2 Å². The van der Waals surface area contributed by atoms with E-state index >= 15 is 0 Å². The van der Waals surface area contributed by atoms with Crippen LogP contribution in [0.15, 0.2) is 18.2 Å². The SMILES string of the molecule is CC(CNC(=O)CNC(=O)[C@@H](N)C(C)C)c1ccc(F)cc1F.Cl. The van der Waals surface area contributed by atoms with Crippen molar-refractivity contribution in [1.29, 1.82) is 0 Å². The molecule has 0 saturated carbocycles. The van der Waals surface area contributed by atoms with Crippen molar-refractivity contribution in [3.63, 3.8) is 0 Å². The number of nitrogens with two attached hydrogens (primary N) is 1. The maximum atomic E-state index is 13.6. The smallest absolute Gasteiger partial charge is 0.239 e. The highest BCUT2D eigenvalue weighted by Crippen LogP contribution is 2.18. The lowest BCUT2D eigenvalue weighted by Crippen LogP contribution is -2.47. The summed E-state index contributed by atoms with van der Waals surface area (Å²) in [6, 6.07) is 2.66. The summed E-state index contributed by atoms with van der Waals surface area (Å²) < 4.78 is 26.5. The van der Waals surface area contributed by atoms with E-state index in [0.717, 1.165) is 6.07 Å². The van der Waals surface area contributed by atoms with Gasteiger partial charge >= 0.3 is 0 Å². The van der Waals surface area contributed by atoms with Crippen LogP contribution in [-0.2, 0) is 9.59 Å². The van der Waals surface area contributed by atoms with Gasteiger partial charge in [0.25, 0.3) is 0 Å². The Morgan fingerprint density at radius 3 is 2.33 bits per heavy atom. The van der Waals surface area contributed by atoms with Crippen molar-refractivity contribution in [3.8, 4) is 0 Å². The second-order valence-electron chi connectivity index (χ2n) is 5.86. The molecule has 0 fully saturated rings. The van der Waals surface area contributed by atoms with Gasteiger partial charge in [-0.05, 0) is 17.5 Å². The van der Waals surface area contributed by atoms with Crippen LogP contribution in [0.4, 0.5) is 8.78 Å².